The van der Waals surface area contributed by atoms with Gasteiger partial charge in [0.2, 0.25) is 0 Å². The molecule has 21 heavy (non-hydrogen) atoms. The van der Waals surface area contributed by atoms with Gasteiger partial charge in [0.25, 0.3) is 0 Å². The van der Waals surface area contributed by atoms with Crippen LogP contribution in [-0.4, -0.2) is 41.3 Å². The summed E-state index contributed by atoms with van der Waals surface area (Å²) < 4.78 is 5.74. The van der Waals surface area contributed by atoms with Crippen LogP contribution in [0.25, 0.3) is 0 Å². The lowest BCUT2D eigenvalue weighted by molar-refractivity contribution is -0.0279. The first kappa shape index (κ1) is 18.4. The zero-order valence-corrected chi connectivity index (χ0v) is 14.1. The lowest BCUT2D eigenvalue weighted by atomic mass is 9.78. The molecule has 0 atom stereocenters. The average molecular weight is 335 g/mol. The molecule has 7 heteroatoms. The maximum absolute atomic E-state index is 5.85. The highest BCUT2D eigenvalue weighted by Crippen LogP contribution is 2.35. The van der Waals surface area contributed by atoms with Gasteiger partial charge < -0.3 is 15.4 Å². The smallest absolute Gasteiger partial charge is 0.132 e. The summed E-state index contributed by atoms with van der Waals surface area (Å²) in [6, 6.07) is 2.48. The van der Waals surface area contributed by atoms with E-state index in [9.17, 15) is 0 Å². The van der Waals surface area contributed by atoms with Crippen LogP contribution >= 0.6 is 24.8 Å². The molecule has 0 aromatic carbocycles. The molecule has 0 bridgehead atoms. The quantitative estimate of drug-likeness (QED) is 0.897. The van der Waals surface area contributed by atoms with Crippen molar-refractivity contribution in [2.24, 2.45) is 5.73 Å². The van der Waals surface area contributed by atoms with Crippen molar-refractivity contribution in [1.29, 1.82) is 0 Å². The normalized spacial score (nSPS) is 27.1. The van der Waals surface area contributed by atoms with E-state index in [-0.39, 0.29) is 30.4 Å². The van der Waals surface area contributed by atoms with Crippen molar-refractivity contribution in [1.82, 2.24) is 9.97 Å². The standard InChI is InChI=1S/C14H22N4O.2ClH/c1-14(2)8-18(3-4-19-14)13-7-12(16-9-17-13)10-5-11(15)6-10;;/h7,9-11H,3-6,8,15H2,1-2H3;2*1H. The number of hydrogen-bond donors (Lipinski definition) is 1. The molecule has 2 N–H and O–H groups in total. The molecule has 1 aliphatic heterocycles. The Bertz CT molecular complexity index is 466. The number of aromatic nitrogens is 2. The molecule has 0 unspecified atom stereocenters. The highest BCUT2D eigenvalue weighted by atomic mass is 35.5. The van der Waals surface area contributed by atoms with Crippen LogP contribution in [0.1, 0.15) is 38.3 Å². The molecule has 120 valence electrons. The summed E-state index contributed by atoms with van der Waals surface area (Å²) >= 11 is 0. The topological polar surface area (TPSA) is 64.3 Å². The van der Waals surface area contributed by atoms with Crippen LogP contribution in [0.3, 0.4) is 0 Å². The summed E-state index contributed by atoms with van der Waals surface area (Å²) in [7, 11) is 0. The first-order valence-corrected chi connectivity index (χ1v) is 7.00. The Balaban J connectivity index is 0.00000110. The number of nitrogens with zero attached hydrogens (tertiary/aromatic N) is 3. The lowest BCUT2D eigenvalue weighted by Gasteiger charge is -2.39. The number of morpholine rings is 1. The van der Waals surface area contributed by atoms with E-state index in [4.69, 9.17) is 10.5 Å². The molecular formula is C14H24Cl2N4O. The maximum Gasteiger partial charge on any atom is 0.132 e. The van der Waals surface area contributed by atoms with Crippen molar-refractivity contribution >= 4 is 30.6 Å². The van der Waals surface area contributed by atoms with Crippen molar-refractivity contribution in [2.75, 3.05) is 24.6 Å². The Hall–Kier alpha value is -0.620. The average Bonchev–Trinajstić information content (AvgIpc) is 2.34. The van der Waals surface area contributed by atoms with Gasteiger partial charge in [-0.2, -0.15) is 0 Å². The van der Waals surface area contributed by atoms with Gasteiger partial charge in [-0.3, -0.25) is 0 Å². The summed E-state index contributed by atoms with van der Waals surface area (Å²) in [5, 5.41) is 0. The van der Waals surface area contributed by atoms with E-state index in [1.54, 1.807) is 6.33 Å². The van der Waals surface area contributed by atoms with Gasteiger partial charge in [-0.25, -0.2) is 9.97 Å². The second-order valence-electron chi connectivity index (χ2n) is 6.26. The van der Waals surface area contributed by atoms with Crippen molar-refractivity contribution in [3.05, 3.63) is 18.1 Å². The number of halogens is 2. The number of hydrogen-bond acceptors (Lipinski definition) is 5. The van der Waals surface area contributed by atoms with Gasteiger partial charge in [-0.1, -0.05) is 0 Å². The molecule has 2 heterocycles. The third-order valence-electron chi connectivity index (χ3n) is 4.02. The van der Waals surface area contributed by atoms with E-state index in [2.05, 4.69) is 34.8 Å². The number of anilines is 1. The minimum absolute atomic E-state index is 0. The van der Waals surface area contributed by atoms with Crippen LogP contribution in [0.5, 0.6) is 0 Å². The van der Waals surface area contributed by atoms with Crippen LogP contribution in [0, 0.1) is 0 Å². The molecule has 2 fully saturated rings. The van der Waals surface area contributed by atoms with Crippen molar-refractivity contribution in [2.45, 2.75) is 44.2 Å². The highest BCUT2D eigenvalue weighted by Gasteiger charge is 2.31. The minimum atomic E-state index is -0.109. The van der Waals surface area contributed by atoms with Crippen LogP contribution in [0.4, 0.5) is 5.82 Å². The van der Waals surface area contributed by atoms with E-state index in [1.807, 2.05) is 0 Å². The fourth-order valence-corrected chi connectivity index (χ4v) is 2.87. The Labute approximate surface area is 138 Å². The van der Waals surface area contributed by atoms with Gasteiger partial charge in [0.15, 0.2) is 0 Å². The second-order valence-corrected chi connectivity index (χ2v) is 6.26. The zero-order chi connectivity index (χ0) is 13.5. The van der Waals surface area contributed by atoms with E-state index >= 15 is 0 Å². The Morgan fingerprint density at radius 3 is 2.62 bits per heavy atom. The van der Waals surface area contributed by atoms with Crippen molar-refractivity contribution in [3.63, 3.8) is 0 Å². The molecule has 1 saturated carbocycles. The maximum atomic E-state index is 5.85. The van der Waals surface area contributed by atoms with Gasteiger partial charge >= 0.3 is 0 Å². The highest BCUT2D eigenvalue weighted by molar-refractivity contribution is 5.85. The third kappa shape index (κ3) is 4.19. The summed E-state index contributed by atoms with van der Waals surface area (Å²) in [6.45, 7) is 6.75. The molecule has 2 aliphatic rings. The van der Waals surface area contributed by atoms with Gasteiger partial charge in [-0.15, -0.1) is 24.8 Å². The van der Waals surface area contributed by atoms with E-state index in [1.165, 1.54) is 0 Å². The second kappa shape index (κ2) is 7.09. The minimum Gasteiger partial charge on any atom is -0.372 e. The fourth-order valence-electron chi connectivity index (χ4n) is 2.87. The van der Waals surface area contributed by atoms with Crippen molar-refractivity contribution in [3.8, 4) is 0 Å². The predicted octanol–water partition coefficient (Wildman–Crippen LogP) is 2.14. The summed E-state index contributed by atoms with van der Waals surface area (Å²) in [6.07, 6.45) is 3.77. The largest absolute Gasteiger partial charge is 0.372 e. The van der Waals surface area contributed by atoms with E-state index in [0.717, 1.165) is 44.0 Å². The summed E-state index contributed by atoms with van der Waals surface area (Å²) in [5.41, 5.74) is 6.88. The van der Waals surface area contributed by atoms with Gasteiger partial charge in [0.1, 0.15) is 12.1 Å². The van der Waals surface area contributed by atoms with Gasteiger partial charge in [-0.05, 0) is 26.7 Å². The predicted molar refractivity (Wildman–Crippen MR) is 88.7 cm³/mol. The lowest BCUT2D eigenvalue weighted by Crippen LogP contribution is -2.48. The molecule has 1 aromatic rings. The monoisotopic (exact) mass is 334 g/mol. The fraction of sp³-hybridized carbons (Fsp3) is 0.714. The first-order valence-electron chi connectivity index (χ1n) is 7.00. The van der Waals surface area contributed by atoms with E-state index < -0.39 is 0 Å². The number of rotatable bonds is 2. The van der Waals surface area contributed by atoms with Crippen LogP contribution in [-0.2, 0) is 4.74 Å². The van der Waals surface area contributed by atoms with Crippen molar-refractivity contribution < 1.29 is 4.74 Å². The molecule has 3 rings (SSSR count). The SMILES string of the molecule is CC1(C)CN(c2cc(C3CC(N)C3)ncn2)CCO1.Cl.Cl. The Morgan fingerprint density at radius 1 is 1.29 bits per heavy atom. The molecule has 5 nitrogen and oxygen atoms in total. The van der Waals surface area contributed by atoms with Gasteiger partial charge in [0, 0.05) is 36.8 Å². The molecule has 0 radical (unpaired) electrons. The van der Waals surface area contributed by atoms with E-state index in [0.29, 0.717) is 12.0 Å². The molecule has 1 saturated heterocycles. The molecule has 1 aromatic heterocycles. The molecule has 1 aliphatic carbocycles. The molecule has 0 amide bonds. The number of nitrogens with two attached hydrogens (primary N) is 1. The zero-order valence-electron chi connectivity index (χ0n) is 12.5. The van der Waals surface area contributed by atoms with Gasteiger partial charge in [0.05, 0.1) is 12.2 Å². The van der Waals surface area contributed by atoms with Crippen LogP contribution in [0.2, 0.25) is 0 Å². The van der Waals surface area contributed by atoms with Crippen LogP contribution in [0.15, 0.2) is 12.4 Å². The number of ether oxygens (including phenoxy) is 1. The van der Waals surface area contributed by atoms with Crippen LogP contribution < -0.4 is 10.6 Å². The summed E-state index contributed by atoms with van der Waals surface area (Å²) in [5.74, 6) is 1.53. The Kier molecular flexibility index (Phi) is 6.23. The first-order chi connectivity index (χ1) is 9.03. The molecular weight excluding hydrogens is 311 g/mol. The summed E-state index contributed by atoms with van der Waals surface area (Å²) in [4.78, 5) is 11.1. The third-order valence-corrected chi connectivity index (χ3v) is 4.02. The Morgan fingerprint density at radius 2 is 2.00 bits per heavy atom. The molecule has 0 spiro atoms.